The molecule has 3 nitrogen and oxygen atoms in total. The molecule has 0 unspecified atom stereocenters. The van der Waals surface area contributed by atoms with Crippen LogP contribution in [0.15, 0.2) is 224 Å². The highest BCUT2D eigenvalue weighted by molar-refractivity contribution is 6.11. The van der Waals surface area contributed by atoms with Gasteiger partial charge < -0.3 is 4.57 Å². The first kappa shape index (κ1) is 34.4. The zero-order chi connectivity index (χ0) is 39.1. The summed E-state index contributed by atoms with van der Waals surface area (Å²) in [5.41, 5.74) is 15.6. The SMILES string of the molecule is c1ccc(-c2cccc(-n3c4ccccc4c4cc(-c5ccc(-c6ccc(-c7cc(-c8ccccc8)nc(-c8ccccc8)n7)c7ccccc67)cc5)ccc43)c2)cc1. The van der Waals surface area contributed by atoms with Crippen molar-refractivity contribution < 1.29 is 0 Å². The number of aromatic nitrogens is 3. The highest BCUT2D eigenvalue weighted by Crippen LogP contribution is 2.39. The molecule has 11 aromatic rings. The Morgan fingerprint density at radius 2 is 0.780 bits per heavy atom. The number of nitrogens with zero attached hydrogens (tertiary/aromatic N) is 3. The first-order chi connectivity index (χ1) is 29.2. The van der Waals surface area contributed by atoms with E-state index >= 15 is 0 Å². The lowest BCUT2D eigenvalue weighted by Gasteiger charge is -2.14. The average molecular weight is 752 g/mol. The quantitative estimate of drug-likeness (QED) is 0.162. The lowest BCUT2D eigenvalue weighted by molar-refractivity contribution is 1.18. The first-order valence-electron chi connectivity index (χ1n) is 20.1. The van der Waals surface area contributed by atoms with Crippen LogP contribution in [-0.4, -0.2) is 14.5 Å². The number of para-hydroxylation sites is 1. The van der Waals surface area contributed by atoms with Gasteiger partial charge in [0.15, 0.2) is 5.82 Å². The maximum absolute atomic E-state index is 5.16. The van der Waals surface area contributed by atoms with E-state index in [2.05, 4.69) is 205 Å². The third-order valence-corrected chi connectivity index (χ3v) is 11.4. The Balaban J connectivity index is 0.968. The standard InChI is InChI=1S/C56H37N3/c1-4-15-38(16-5-1)43-21-14-22-45(35-43)59-54-26-13-12-25-50(54)51-36-44(31-34-55(51)59)39-27-29-40(30-28-39)46-32-33-49(48-24-11-10-23-47(46)48)53-37-52(41-17-6-2-7-18-41)57-56(58-53)42-19-8-3-9-20-42/h1-37H. The van der Waals surface area contributed by atoms with Crippen molar-refractivity contribution in [3.05, 3.63) is 224 Å². The van der Waals surface area contributed by atoms with Crippen LogP contribution in [0.4, 0.5) is 0 Å². The van der Waals surface area contributed by atoms with Gasteiger partial charge in [0.2, 0.25) is 0 Å². The Kier molecular flexibility index (Phi) is 8.49. The molecule has 59 heavy (non-hydrogen) atoms. The van der Waals surface area contributed by atoms with E-state index < -0.39 is 0 Å². The maximum Gasteiger partial charge on any atom is 0.160 e. The Labute approximate surface area is 343 Å². The third kappa shape index (κ3) is 6.26. The van der Waals surface area contributed by atoms with Crippen molar-refractivity contribution in [1.82, 2.24) is 14.5 Å². The topological polar surface area (TPSA) is 30.7 Å². The van der Waals surface area contributed by atoms with Crippen LogP contribution in [0.3, 0.4) is 0 Å². The zero-order valence-electron chi connectivity index (χ0n) is 32.2. The van der Waals surface area contributed by atoms with Crippen molar-refractivity contribution in [2.75, 3.05) is 0 Å². The van der Waals surface area contributed by atoms with E-state index in [1.165, 1.54) is 60.6 Å². The predicted molar refractivity (Wildman–Crippen MR) is 246 cm³/mol. The van der Waals surface area contributed by atoms with Crippen molar-refractivity contribution >= 4 is 32.6 Å². The number of hydrogen-bond acceptors (Lipinski definition) is 2. The van der Waals surface area contributed by atoms with Gasteiger partial charge >= 0.3 is 0 Å². The largest absolute Gasteiger partial charge is 0.309 e. The van der Waals surface area contributed by atoms with Gasteiger partial charge in [0.05, 0.1) is 22.4 Å². The molecule has 0 radical (unpaired) electrons. The monoisotopic (exact) mass is 751 g/mol. The molecule has 2 heterocycles. The number of rotatable bonds is 7. The number of hydrogen-bond donors (Lipinski definition) is 0. The molecule has 276 valence electrons. The van der Waals surface area contributed by atoms with Crippen LogP contribution in [-0.2, 0) is 0 Å². The zero-order valence-corrected chi connectivity index (χ0v) is 32.2. The van der Waals surface area contributed by atoms with Crippen LogP contribution in [0.25, 0.3) is 106 Å². The van der Waals surface area contributed by atoms with Crippen LogP contribution in [0.2, 0.25) is 0 Å². The summed E-state index contributed by atoms with van der Waals surface area (Å²) in [5.74, 6) is 0.714. The van der Waals surface area contributed by atoms with E-state index in [4.69, 9.17) is 9.97 Å². The molecule has 0 bridgehead atoms. The van der Waals surface area contributed by atoms with Crippen LogP contribution >= 0.6 is 0 Å². The predicted octanol–water partition coefficient (Wildman–Crippen LogP) is 14.7. The molecule has 0 fully saturated rings. The fourth-order valence-electron chi connectivity index (χ4n) is 8.56. The molecule has 9 aromatic carbocycles. The molecule has 0 aliphatic carbocycles. The smallest absolute Gasteiger partial charge is 0.160 e. The minimum atomic E-state index is 0.714. The Morgan fingerprint density at radius 3 is 1.53 bits per heavy atom. The van der Waals surface area contributed by atoms with Gasteiger partial charge in [-0.3, -0.25) is 0 Å². The van der Waals surface area contributed by atoms with E-state index in [9.17, 15) is 0 Å². The van der Waals surface area contributed by atoms with Gasteiger partial charge in [-0.05, 0) is 80.6 Å². The molecular formula is C56H37N3. The summed E-state index contributed by atoms with van der Waals surface area (Å²) in [6.07, 6.45) is 0. The Bertz CT molecular complexity index is 3240. The number of benzene rings is 9. The lowest BCUT2D eigenvalue weighted by Crippen LogP contribution is -1.96. The van der Waals surface area contributed by atoms with E-state index in [1.807, 2.05) is 24.3 Å². The highest BCUT2D eigenvalue weighted by atomic mass is 15.0. The van der Waals surface area contributed by atoms with Crippen molar-refractivity contribution in [3.8, 4) is 73.0 Å². The van der Waals surface area contributed by atoms with Gasteiger partial charge in [-0.25, -0.2) is 9.97 Å². The molecule has 11 rings (SSSR count). The maximum atomic E-state index is 5.16. The summed E-state index contributed by atoms with van der Waals surface area (Å²) in [5, 5.41) is 4.82. The van der Waals surface area contributed by atoms with E-state index in [0.717, 1.165) is 39.2 Å². The van der Waals surface area contributed by atoms with Crippen LogP contribution in [0, 0.1) is 0 Å². The lowest BCUT2D eigenvalue weighted by atomic mass is 9.92. The molecule has 3 heteroatoms. The van der Waals surface area contributed by atoms with Crippen LogP contribution < -0.4 is 0 Å². The second kappa shape index (κ2) is 14.6. The van der Waals surface area contributed by atoms with Gasteiger partial charge in [-0.15, -0.1) is 0 Å². The molecule has 0 saturated carbocycles. The molecule has 0 N–H and O–H groups in total. The summed E-state index contributed by atoms with van der Waals surface area (Å²) >= 11 is 0. The molecule has 2 aromatic heterocycles. The van der Waals surface area contributed by atoms with Crippen LogP contribution in [0.1, 0.15) is 0 Å². The average Bonchev–Trinajstić information content (AvgIpc) is 3.66. The summed E-state index contributed by atoms with van der Waals surface area (Å²) in [7, 11) is 0. The molecular weight excluding hydrogens is 715 g/mol. The van der Waals surface area contributed by atoms with Crippen molar-refractivity contribution in [3.63, 3.8) is 0 Å². The summed E-state index contributed by atoms with van der Waals surface area (Å²) in [6.45, 7) is 0. The van der Waals surface area contributed by atoms with E-state index in [1.54, 1.807) is 0 Å². The molecule has 0 atom stereocenters. The van der Waals surface area contributed by atoms with E-state index in [-0.39, 0.29) is 0 Å². The Morgan fingerprint density at radius 1 is 0.271 bits per heavy atom. The van der Waals surface area contributed by atoms with Gasteiger partial charge in [-0.2, -0.15) is 0 Å². The van der Waals surface area contributed by atoms with Crippen molar-refractivity contribution in [1.29, 1.82) is 0 Å². The fraction of sp³-hybridized carbons (Fsp3) is 0. The summed E-state index contributed by atoms with van der Waals surface area (Å²) < 4.78 is 2.39. The molecule has 0 aliphatic rings. The fourth-order valence-corrected chi connectivity index (χ4v) is 8.56. The highest BCUT2D eigenvalue weighted by Gasteiger charge is 2.17. The van der Waals surface area contributed by atoms with Crippen LogP contribution in [0.5, 0.6) is 0 Å². The molecule has 0 saturated heterocycles. The second-order valence-corrected chi connectivity index (χ2v) is 15.0. The van der Waals surface area contributed by atoms with Gasteiger partial charge in [0.1, 0.15) is 0 Å². The van der Waals surface area contributed by atoms with Gasteiger partial charge in [0.25, 0.3) is 0 Å². The molecule has 0 spiro atoms. The van der Waals surface area contributed by atoms with Gasteiger partial charge in [-0.1, -0.05) is 188 Å². The second-order valence-electron chi connectivity index (χ2n) is 15.0. The Hall–Kier alpha value is -7.88. The van der Waals surface area contributed by atoms with E-state index in [0.29, 0.717) is 5.82 Å². The van der Waals surface area contributed by atoms with Crippen molar-refractivity contribution in [2.24, 2.45) is 0 Å². The van der Waals surface area contributed by atoms with Crippen molar-refractivity contribution in [2.45, 2.75) is 0 Å². The summed E-state index contributed by atoms with van der Waals surface area (Å²) in [6, 6.07) is 79.9. The van der Waals surface area contributed by atoms with Gasteiger partial charge in [0, 0.05) is 33.2 Å². The third-order valence-electron chi connectivity index (χ3n) is 11.4. The minimum absolute atomic E-state index is 0.714. The summed E-state index contributed by atoms with van der Waals surface area (Å²) in [4.78, 5) is 10.2. The first-order valence-corrected chi connectivity index (χ1v) is 20.1. The normalized spacial score (nSPS) is 11.4. The molecule has 0 amide bonds. The molecule has 0 aliphatic heterocycles. The number of fused-ring (bicyclic) bond motifs is 4. The minimum Gasteiger partial charge on any atom is -0.309 e.